The van der Waals surface area contributed by atoms with Crippen LogP contribution in [0.1, 0.15) is 25.7 Å². The molecule has 1 aromatic rings. The van der Waals surface area contributed by atoms with E-state index in [1.54, 1.807) is 0 Å². The fourth-order valence-corrected chi connectivity index (χ4v) is 3.10. The SMILES string of the molecule is NCC1CCCCC1COc1cc(Cl)c(Cl)cc1[N+](=O)[O-]. The average molecular weight is 333 g/mol. The van der Waals surface area contributed by atoms with Crippen molar-refractivity contribution in [1.29, 1.82) is 0 Å². The molecule has 0 radical (unpaired) electrons. The molecule has 0 amide bonds. The van der Waals surface area contributed by atoms with E-state index in [9.17, 15) is 10.1 Å². The van der Waals surface area contributed by atoms with Crippen LogP contribution < -0.4 is 10.5 Å². The molecule has 0 aliphatic heterocycles. The maximum Gasteiger partial charge on any atom is 0.312 e. The monoisotopic (exact) mass is 332 g/mol. The van der Waals surface area contributed by atoms with Crippen molar-refractivity contribution in [3.05, 3.63) is 32.3 Å². The summed E-state index contributed by atoms with van der Waals surface area (Å²) < 4.78 is 5.67. The molecule has 1 fully saturated rings. The molecule has 1 saturated carbocycles. The minimum Gasteiger partial charge on any atom is -0.486 e. The highest BCUT2D eigenvalue weighted by Crippen LogP contribution is 2.37. The molecule has 0 saturated heterocycles. The van der Waals surface area contributed by atoms with E-state index < -0.39 is 4.92 Å². The third-order valence-electron chi connectivity index (χ3n) is 4.02. The fraction of sp³-hybridized carbons (Fsp3) is 0.571. The van der Waals surface area contributed by atoms with Crippen LogP contribution in [0.4, 0.5) is 5.69 Å². The maximum atomic E-state index is 11.1. The highest BCUT2D eigenvalue weighted by atomic mass is 35.5. The van der Waals surface area contributed by atoms with E-state index in [2.05, 4.69) is 0 Å². The Morgan fingerprint density at radius 2 is 1.86 bits per heavy atom. The molecule has 1 aliphatic rings. The Bertz CT molecular complexity index is 525. The molecule has 5 nitrogen and oxygen atoms in total. The molecule has 21 heavy (non-hydrogen) atoms. The Morgan fingerprint density at radius 1 is 1.24 bits per heavy atom. The van der Waals surface area contributed by atoms with Crippen LogP contribution >= 0.6 is 23.2 Å². The largest absolute Gasteiger partial charge is 0.486 e. The number of nitro groups is 1. The van der Waals surface area contributed by atoms with Crippen molar-refractivity contribution in [2.45, 2.75) is 25.7 Å². The molecule has 1 aromatic carbocycles. The molecule has 116 valence electrons. The van der Waals surface area contributed by atoms with Gasteiger partial charge in [0.05, 0.1) is 21.6 Å². The zero-order valence-corrected chi connectivity index (χ0v) is 13.1. The van der Waals surface area contributed by atoms with Gasteiger partial charge in [-0.15, -0.1) is 0 Å². The van der Waals surface area contributed by atoms with Crippen LogP contribution in [-0.4, -0.2) is 18.1 Å². The molecule has 7 heteroatoms. The summed E-state index contributed by atoms with van der Waals surface area (Å²) >= 11 is 11.7. The van der Waals surface area contributed by atoms with E-state index in [0.29, 0.717) is 25.0 Å². The van der Waals surface area contributed by atoms with Crippen molar-refractivity contribution in [3.63, 3.8) is 0 Å². The Labute approximate surface area is 133 Å². The summed E-state index contributed by atoms with van der Waals surface area (Å²) in [5.41, 5.74) is 5.62. The summed E-state index contributed by atoms with van der Waals surface area (Å²) in [6.45, 7) is 1.04. The van der Waals surface area contributed by atoms with Gasteiger partial charge >= 0.3 is 5.69 Å². The zero-order chi connectivity index (χ0) is 15.4. The third kappa shape index (κ3) is 3.99. The lowest BCUT2D eigenvalue weighted by molar-refractivity contribution is -0.385. The number of rotatable bonds is 5. The highest BCUT2D eigenvalue weighted by molar-refractivity contribution is 6.42. The summed E-state index contributed by atoms with van der Waals surface area (Å²) in [7, 11) is 0. The van der Waals surface area contributed by atoms with E-state index in [4.69, 9.17) is 33.7 Å². The molecule has 0 heterocycles. The van der Waals surface area contributed by atoms with Crippen LogP contribution in [-0.2, 0) is 0 Å². The number of nitrogens with two attached hydrogens (primary N) is 1. The number of nitro benzene ring substituents is 1. The molecule has 2 rings (SSSR count). The van der Waals surface area contributed by atoms with Gasteiger partial charge in [0.25, 0.3) is 0 Å². The van der Waals surface area contributed by atoms with E-state index in [1.165, 1.54) is 18.6 Å². The Balaban J connectivity index is 2.11. The summed E-state index contributed by atoms with van der Waals surface area (Å²) in [6, 6.07) is 2.63. The van der Waals surface area contributed by atoms with Gasteiger partial charge in [0.2, 0.25) is 0 Å². The van der Waals surface area contributed by atoms with Crippen molar-refractivity contribution in [1.82, 2.24) is 0 Å². The molecule has 2 atom stereocenters. The van der Waals surface area contributed by atoms with Crippen LogP contribution in [0.3, 0.4) is 0 Å². The minimum atomic E-state index is -0.515. The van der Waals surface area contributed by atoms with Crippen LogP contribution in [0.5, 0.6) is 5.75 Å². The third-order valence-corrected chi connectivity index (χ3v) is 4.74. The summed E-state index contributed by atoms with van der Waals surface area (Å²) in [5.74, 6) is 0.911. The molecule has 2 N–H and O–H groups in total. The first kappa shape index (κ1) is 16.3. The number of benzene rings is 1. The van der Waals surface area contributed by atoms with Crippen molar-refractivity contribution < 1.29 is 9.66 Å². The summed E-state index contributed by atoms with van der Waals surface area (Å²) in [4.78, 5) is 10.5. The molecular weight excluding hydrogens is 315 g/mol. The van der Waals surface area contributed by atoms with Gasteiger partial charge in [-0.1, -0.05) is 36.0 Å². The van der Waals surface area contributed by atoms with Gasteiger partial charge in [-0.25, -0.2) is 0 Å². The molecule has 0 spiro atoms. The fourth-order valence-electron chi connectivity index (χ4n) is 2.79. The van der Waals surface area contributed by atoms with E-state index in [0.717, 1.165) is 19.3 Å². The van der Waals surface area contributed by atoms with E-state index in [1.807, 2.05) is 0 Å². The predicted octanol–water partition coefficient (Wildman–Crippen LogP) is 4.05. The second-order valence-corrected chi connectivity index (χ2v) is 6.16. The van der Waals surface area contributed by atoms with Crippen molar-refractivity contribution in [2.75, 3.05) is 13.2 Å². The van der Waals surface area contributed by atoms with Crippen LogP contribution in [0.25, 0.3) is 0 Å². The van der Waals surface area contributed by atoms with Gasteiger partial charge in [0.15, 0.2) is 5.75 Å². The van der Waals surface area contributed by atoms with Gasteiger partial charge in [-0.3, -0.25) is 10.1 Å². The first-order valence-corrected chi connectivity index (χ1v) is 7.74. The van der Waals surface area contributed by atoms with Crippen LogP contribution in [0, 0.1) is 22.0 Å². The molecule has 0 bridgehead atoms. The minimum absolute atomic E-state index is 0.146. The molecule has 2 unspecified atom stereocenters. The Kier molecular flexibility index (Phi) is 5.67. The van der Waals surface area contributed by atoms with Gasteiger partial charge in [-0.2, -0.15) is 0 Å². The number of hydrogen-bond donors (Lipinski definition) is 1. The van der Waals surface area contributed by atoms with Crippen molar-refractivity contribution in [3.8, 4) is 5.75 Å². The lowest BCUT2D eigenvalue weighted by Gasteiger charge is -2.30. The Morgan fingerprint density at radius 3 is 2.48 bits per heavy atom. The topological polar surface area (TPSA) is 78.4 Å². The normalized spacial score (nSPS) is 22.0. The highest BCUT2D eigenvalue weighted by Gasteiger charge is 2.26. The predicted molar refractivity (Wildman–Crippen MR) is 83.1 cm³/mol. The number of hydrogen-bond acceptors (Lipinski definition) is 4. The zero-order valence-electron chi connectivity index (χ0n) is 11.6. The van der Waals surface area contributed by atoms with Crippen molar-refractivity contribution in [2.24, 2.45) is 17.6 Å². The lowest BCUT2D eigenvalue weighted by Crippen LogP contribution is -2.30. The smallest absolute Gasteiger partial charge is 0.312 e. The summed E-state index contributed by atoms with van der Waals surface area (Å²) in [5, 5.41) is 11.5. The van der Waals surface area contributed by atoms with Crippen LogP contribution in [0.15, 0.2) is 12.1 Å². The van der Waals surface area contributed by atoms with Gasteiger partial charge in [0.1, 0.15) is 0 Å². The standard InChI is InChI=1S/C14H18Cl2N2O3/c15-11-5-13(18(19)20)14(6-12(11)16)21-8-10-4-2-1-3-9(10)7-17/h5-6,9-10H,1-4,7-8,17H2. The van der Waals surface area contributed by atoms with Crippen LogP contribution in [0.2, 0.25) is 10.0 Å². The second-order valence-electron chi connectivity index (χ2n) is 5.34. The first-order valence-electron chi connectivity index (χ1n) is 6.99. The molecule has 1 aliphatic carbocycles. The van der Waals surface area contributed by atoms with E-state index in [-0.39, 0.29) is 21.5 Å². The van der Waals surface area contributed by atoms with Gasteiger partial charge < -0.3 is 10.5 Å². The number of ether oxygens (including phenoxy) is 1. The Hall–Kier alpha value is -1.04. The first-order chi connectivity index (χ1) is 10.0. The van der Waals surface area contributed by atoms with Crippen molar-refractivity contribution >= 4 is 28.9 Å². The second kappa shape index (κ2) is 7.29. The summed E-state index contributed by atoms with van der Waals surface area (Å²) in [6.07, 6.45) is 4.46. The van der Waals surface area contributed by atoms with E-state index >= 15 is 0 Å². The molecular formula is C14H18Cl2N2O3. The average Bonchev–Trinajstić information content (AvgIpc) is 2.48. The quantitative estimate of drug-likeness (QED) is 0.651. The van der Waals surface area contributed by atoms with Gasteiger partial charge in [0, 0.05) is 12.1 Å². The number of nitrogens with zero attached hydrogens (tertiary/aromatic N) is 1. The maximum absolute atomic E-state index is 11.1. The molecule has 0 aromatic heterocycles. The number of halogens is 2. The van der Waals surface area contributed by atoms with Gasteiger partial charge in [-0.05, 0) is 31.2 Å². The lowest BCUT2D eigenvalue weighted by atomic mass is 9.80.